The second kappa shape index (κ2) is 10.1. The summed E-state index contributed by atoms with van der Waals surface area (Å²) in [6, 6.07) is 0. The van der Waals surface area contributed by atoms with Gasteiger partial charge in [0.25, 0.3) is 0 Å². The van der Waals surface area contributed by atoms with Crippen LogP contribution in [-0.4, -0.2) is 11.5 Å². The Labute approximate surface area is 121 Å². The summed E-state index contributed by atoms with van der Waals surface area (Å²) in [5.41, 5.74) is 0. The van der Waals surface area contributed by atoms with Crippen molar-refractivity contribution in [1.29, 1.82) is 0 Å². The van der Waals surface area contributed by atoms with Crippen LogP contribution in [0.4, 0.5) is 0 Å². The molecule has 0 radical (unpaired) electrons. The van der Waals surface area contributed by atoms with E-state index >= 15 is 0 Å². The van der Waals surface area contributed by atoms with Crippen LogP contribution in [0.5, 0.6) is 0 Å². The second-order valence-electron chi connectivity index (χ2n) is 4.67. The average Bonchev–Trinajstić information content (AvgIpc) is 2.16. The van der Waals surface area contributed by atoms with Gasteiger partial charge >= 0.3 is 0 Å². The molecule has 0 atom stereocenters. The van der Waals surface area contributed by atoms with E-state index in [1.54, 1.807) is 0 Å². The van der Waals surface area contributed by atoms with Crippen molar-refractivity contribution in [3.05, 3.63) is 8.47 Å². The molecule has 4 heteroatoms. The van der Waals surface area contributed by atoms with Crippen LogP contribution in [0.15, 0.2) is 8.47 Å². The molecule has 16 heavy (non-hydrogen) atoms. The molecule has 0 aromatic heterocycles. The van der Waals surface area contributed by atoms with Gasteiger partial charge in [-0.05, 0) is 36.2 Å². The zero-order chi connectivity index (χ0) is 12.6. The van der Waals surface area contributed by atoms with Crippen molar-refractivity contribution in [2.75, 3.05) is 11.5 Å². The summed E-state index contributed by atoms with van der Waals surface area (Å²) in [7, 11) is 0. The third-order valence-electron chi connectivity index (χ3n) is 2.05. The first-order valence-electron chi connectivity index (χ1n) is 5.81. The van der Waals surface area contributed by atoms with Gasteiger partial charge < -0.3 is 0 Å². The zero-order valence-electron chi connectivity index (χ0n) is 10.7. The highest BCUT2D eigenvalue weighted by molar-refractivity contribution is 8.21. The molecule has 0 aliphatic heterocycles. The topological polar surface area (TPSA) is 0 Å². The van der Waals surface area contributed by atoms with Crippen molar-refractivity contribution in [2.45, 2.75) is 40.5 Å². The fourth-order valence-corrected chi connectivity index (χ4v) is 4.01. The van der Waals surface area contributed by atoms with Gasteiger partial charge in [0.1, 0.15) is 0 Å². The van der Waals surface area contributed by atoms with Gasteiger partial charge in [-0.15, -0.1) is 48.8 Å². The fraction of sp³-hybridized carbons (Fsp3) is 0.833. The van der Waals surface area contributed by atoms with Crippen molar-refractivity contribution in [2.24, 2.45) is 11.8 Å². The Morgan fingerprint density at radius 3 is 1.38 bits per heavy atom. The molecular weight excluding hydrogens is 272 g/mol. The van der Waals surface area contributed by atoms with Gasteiger partial charge in [-0.3, -0.25) is 0 Å². The minimum Gasteiger partial charge on any atom is -0.135 e. The van der Waals surface area contributed by atoms with Gasteiger partial charge in [0.05, 0.1) is 8.47 Å². The molecule has 0 bridgehead atoms. The van der Waals surface area contributed by atoms with Crippen LogP contribution < -0.4 is 0 Å². The Morgan fingerprint density at radius 1 is 0.812 bits per heavy atom. The SMILES string of the molecule is CC(C)CCSC(S)=C(S)SCCC(C)C. The van der Waals surface area contributed by atoms with Crippen molar-refractivity contribution in [1.82, 2.24) is 0 Å². The number of rotatable bonds is 8. The minimum absolute atomic E-state index is 0.769. The molecular formula is C12H24S4. The van der Waals surface area contributed by atoms with Crippen LogP contribution >= 0.6 is 48.8 Å². The number of thiol groups is 2. The largest absolute Gasteiger partial charge is 0.135 e. The van der Waals surface area contributed by atoms with Crippen LogP contribution in [-0.2, 0) is 0 Å². The second-order valence-corrected chi connectivity index (χ2v) is 8.38. The summed E-state index contributed by atoms with van der Waals surface area (Å²) in [6.07, 6.45) is 2.49. The third-order valence-corrected chi connectivity index (χ3v) is 5.72. The summed E-state index contributed by atoms with van der Waals surface area (Å²) in [6.45, 7) is 9.01. The molecule has 0 nitrogen and oxygen atoms in total. The molecule has 0 spiro atoms. The summed E-state index contributed by atoms with van der Waals surface area (Å²) in [5.74, 6) is 3.83. The normalized spacial score (nSPS) is 13.5. The lowest BCUT2D eigenvalue weighted by molar-refractivity contribution is 0.632. The molecule has 0 aromatic rings. The lowest BCUT2D eigenvalue weighted by Crippen LogP contribution is -1.90. The Hall–Kier alpha value is 1.14. The molecule has 0 rings (SSSR count). The maximum absolute atomic E-state index is 4.50. The first-order chi connectivity index (χ1) is 7.43. The smallest absolute Gasteiger partial charge is 0.0569 e. The molecule has 0 amide bonds. The van der Waals surface area contributed by atoms with E-state index in [1.807, 2.05) is 23.5 Å². The predicted octanol–water partition coefficient (Wildman–Crippen LogP) is 5.53. The lowest BCUT2D eigenvalue weighted by atomic mass is 10.2. The van der Waals surface area contributed by atoms with E-state index in [9.17, 15) is 0 Å². The quantitative estimate of drug-likeness (QED) is 0.565. The minimum atomic E-state index is 0.769. The average molecular weight is 297 g/mol. The van der Waals surface area contributed by atoms with E-state index in [4.69, 9.17) is 0 Å². The third kappa shape index (κ3) is 10.3. The van der Waals surface area contributed by atoms with E-state index in [-0.39, 0.29) is 0 Å². The summed E-state index contributed by atoms with van der Waals surface area (Å²) >= 11 is 12.6. The fourth-order valence-electron chi connectivity index (χ4n) is 0.906. The molecule has 0 aliphatic rings. The van der Waals surface area contributed by atoms with Crippen molar-refractivity contribution >= 4 is 48.8 Å². The summed E-state index contributed by atoms with van der Waals surface area (Å²) in [4.78, 5) is 0. The molecule has 0 aromatic carbocycles. The van der Waals surface area contributed by atoms with Gasteiger partial charge in [0.15, 0.2) is 0 Å². The number of thioether (sulfide) groups is 2. The van der Waals surface area contributed by atoms with Crippen molar-refractivity contribution in [3.63, 3.8) is 0 Å². The van der Waals surface area contributed by atoms with Crippen molar-refractivity contribution < 1.29 is 0 Å². The van der Waals surface area contributed by atoms with E-state index in [1.165, 1.54) is 12.8 Å². The maximum Gasteiger partial charge on any atom is 0.0569 e. The lowest BCUT2D eigenvalue weighted by Gasteiger charge is -2.08. The van der Waals surface area contributed by atoms with E-state index < -0.39 is 0 Å². The molecule has 0 heterocycles. The number of hydrogen-bond donors (Lipinski definition) is 2. The van der Waals surface area contributed by atoms with Crippen LogP contribution in [0, 0.1) is 11.8 Å². The van der Waals surface area contributed by atoms with Gasteiger partial charge in [-0.2, -0.15) is 0 Å². The highest BCUT2D eigenvalue weighted by atomic mass is 32.2. The van der Waals surface area contributed by atoms with Gasteiger partial charge in [-0.1, -0.05) is 27.7 Å². The first kappa shape index (κ1) is 17.1. The summed E-state index contributed by atoms with van der Waals surface area (Å²) < 4.78 is 2.16. The zero-order valence-corrected chi connectivity index (χ0v) is 14.1. The molecule has 0 unspecified atom stereocenters. The van der Waals surface area contributed by atoms with Crippen molar-refractivity contribution in [3.8, 4) is 0 Å². The molecule has 0 fully saturated rings. The summed E-state index contributed by atoms with van der Waals surface area (Å²) in [5, 5.41) is 0. The first-order valence-corrected chi connectivity index (χ1v) is 8.67. The Morgan fingerprint density at radius 2 is 1.12 bits per heavy atom. The van der Waals surface area contributed by atoms with Gasteiger partial charge in [-0.25, -0.2) is 0 Å². The van der Waals surface area contributed by atoms with Crippen LogP contribution in [0.3, 0.4) is 0 Å². The molecule has 0 saturated heterocycles. The van der Waals surface area contributed by atoms with E-state index in [2.05, 4.69) is 53.0 Å². The van der Waals surface area contributed by atoms with E-state index in [0.717, 1.165) is 31.8 Å². The standard InChI is InChI=1S/C12H24S4/c1-9(2)5-7-15-11(13)12(14)16-8-6-10(3)4/h9-10,13-14H,5-8H2,1-4H3. The predicted molar refractivity (Wildman–Crippen MR) is 88.8 cm³/mol. The van der Waals surface area contributed by atoms with Gasteiger partial charge in [0, 0.05) is 0 Å². The van der Waals surface area contributed by atoms with Crippen LogP contribution in [0.2, 0.25) is 0 Å². The molecule has 96 valence electrons. The highest BCUT2D eigenvalue weighted by Gasteiger charge is 2.03. The Balaban J connectivity index is 3.77. The molecule has 0 N–H and O–H groups in total. The van der Waals surface area contributed by atoms with Gasteiger partial charge in [0.2, 0.25) is 0 Å². The maximum atomic E-state index is 4.50. The highest BCUT2D eigenvalue weighted by Crippen LogP contribution is 2.34. The Kier molecular flexibility index (Phi) is 10.8. The number of hydrogen-bond acceptors (Lipinski definition) is 4. The monoisotopic (exact) mass is 296 g/mol. The van der Waals surface area contributed by atoms with E-state index in [0.29, 0.717) is 0 Å². The molecule has 0 saturated carbocycles. The van der Waals surface area contributed by atoms with Crippen LogP contribution in [0.25, 0.3) is 0 Å². The Bertz CT molecular complexity index is 187. The van der Waals surface area contributed by atoms with Crippen LogP contribution in [0.1, 0.15) is 40.5 Å². The molecule has 0 aliphatic carbocycles.